The lowest BCUT2D eigenvalue weighted by Crippen LogP contribution is -2.07. The van der Waals surface area contributed by atoms with E-state index in [1.165, 1.54) is 0 Å². The van der Waals surface area contributed by atoms with E-state index in [1.54, 1.807) is 23.1 Å². The Morgan fingerprint density at radius 2 is 2.11 bits per heavy atom. The molecule has 0 radical (unpaired) electrons. The van der Waals surface area contributed by atoms with E-state index in [0.29, 0.717) is 5.56 Å². The topological polar surface area (TPSA) is 46.1 Å². The van der Waals surface area contributed by atoms with E-state index >= 15 is 0 Å². The molecule has 0 spiro atoms. The number of anilines is 1. The van der Waals surface area contributed by atoms with Gasteiger partial charge in [-0.25, -0.2) is 0 Å². The third kappa shape index (κ3) is 2.88. The van der Waals surface area contributed by atoms with E-state index in [1.807, 2.05) is 44.1 Å². The molecular weight excluding hydrogens is 266 g/mol. The maximum absolute atomic E-state index is 10.7. The number of aldehydes is 1. The Morgan fingerprint density at radius 3 is 2.67 bits per heavy atom. The van der Waals surface area contributed by atoms with Gasteiger partial charge in [-0.1, -0.05) is 29.2 Å². The van der Waals surface area contributed by atoms with E-state index in [4.69, 9.17) is 0 Å². The van der Waals surface area contributed by atoms with Gasteiger partial charge in [-0.3, -0.25) is 4.79 Å². The van der Waals surface area contributed by atoms with Crippen LogP contribution >= 0.6 is 23.1 Å². The minimum absolute atomic E-state index is 0.697. The first-order chi connectivity index (χ1) is 8.60. The van der Waals surface area contributed by atoms with Gasteiger partial charge in [-0.05, 0) is 24.6 Å². The number of hydrogen-bond donors (Lipinski definition) is 0. The van der Waals surface area contributed by atoms with Gasteiger partial charge in [0.05, 0.1) is 0 Å². The lowest BCUT2D eigenvalue weighted by Gasteiger charge is -2.04. The molecule has 0 N–H and O–H groups in total. The Bertz CT molecular complexity index is 566. The second kappa shape index (κ2) is 5.49. The standard InChI is InChI=1S/C12H13N3OS2/c1-8-6-9(7-16)4-5-10(8)17-12-14-13-11(18-12)15(2)3/h4-7H,1-3H3. The van der Waals surface area contributed by atoms with Gasteiger partial charge in [-0.2, -0.15) is 0 Å². The fourth-order valence-corrected chi connectivity index (χ4v) is 3.17. The molecule has 1 heterocycles. The summed E-state index contributed by atoms with van der Waals surface area (Å²) < 4.78 is 0.903. The second-order valence-corrected chi connectivity index (χ2v) is 6.23. The molecule has 4 nitrogen and oxygen atoms in total. The number of benzene rings is 1. The molecule has 2 aromatic rings. The second-order valence-electron chi connectivity index (χ2n) is 3.99. The number of carbonyl (C=O) groups is 1. The summed E-state index contributed by atoms with van der Waals surface area (Å²) in [5, 5.41) is 9.12. The molecule has 1 aromatic heterocycles. The molecule has 6 heteroatoms. The van der Waals surface area contributed by atoms with E-state index in [9.17, 15) is 4.79 Å². The van der Waals surface area contributed by atoms with Crippen molar-refractivity contribution < 1.29 is 4.79 Å². The normalized spacial score (nSPS) is 10.4. The summed E-state index contributed by atoms with van der Waals surface area (Å²) in [5.74, 6) is 0. The van der Waals surface area contributed by atoms with Gasteiger partial charge in [0.15, 0.2) is 4.34 Å². The van der Waals surface area contributed by atoms with Crippen LogP contribution in [0.15, 0.2) is 27.4 Å². The third-order valence-electron chi connectivity index (χ3n) is 2.31. The average Bonchev–Trinajstić information content (AvgIpc) is 2.80. The quantitative estimate of drug-likeness (QED) is 0.805. The summed E-state index contributed by atoms with van der Waals surface area (Å²) >= 11 is 3.13. The summed E-state index contributed by atoms with van der Waals surface area (Å²) in [7, 11) is 3.89. The maximum Gasteiger partial charge on any atom is 0.208 e. The van der Waals surface area contributed by atoms with Gasteiger partial charge in [-0.15, -0.1) is 10.2 Å². The van der Waals surface area contributed by atoms with Gasteiger partial charge in [0, 0.05) is 24.6 Å². The largest absolute Gasteiger partial charge is 0.353 e. The number of aryl methyl sites for hydroxylation is 1. The van der Waals surface area contributed by atoms with Crippen molar-refractivity contribution in [2.75, 3.05) is 19.0 Å². The summed E-state index contributed by atoms with van der Waals surface area (Å²) in [6.07, 6.45) is 0.858. The molecule has 2 rings (SSSR count). The molecule has 0 bridgehead atoms. The number of aromatic nitrogens is 2. The molecule has 0 saturated carbocycles. The minimum atomic E-state index is 0.697. The zero-order chi connectivity index (χ0) is 13.1. The van der Waals surface area contributed by atoms with Crippen molar-refractivity contribution in [2.24, 2.45) is 0 Å². The smallest absolute Gasteiger partial charge is 0.208 e. The van der Waals surface area contributed by atoms with Crippen LogP contribution < -0.4 is 4.90 Å². The summed E-state index contributed by atoms with van der Waals surface area (Å²) in [6, 6.07) is 5.64. The van der Waals surface area contributed by atoms with E-state index in [0.717, 1.165) is 26.2 Å². The van der Waals surface area contributed by atoms with Crippen LogP contribution in [-0.2, 0) is 0 Å². The lowest BCUT2D eigenvalue weighted by atomic mass is 10.2. The van der Waals surface area contributed by atoms with Gasteiger partial charge < -0.3 is 4.90 Å². The van der Waals surface area contributed by atoms with Crippen LogP contribution in [0.25, 0.3) is 0 Å². The summed E-state index contributed by atoms with van der Waals surface area (Å²) in [6.45, 7) is 1.99. The molecule has 0 unspecified atom stereocenters. The average molecular weight is 279 g/mol. The van der Waals surface area contributed by atoms with Gasteiger partial charge >= 0.3 is 0 Å². The molecule has 94 valence electrons. The number of hydrogen-bond acceptors (Lipinski definition) is 6. The minimum Gasteiger partial charge on any atom is -0.353 e. The van der Waals surface area contributed by atoms with Crippen LogP contribution in [0.3, 0.4) is 0 Å². The molecule has 0 fully saturated rings. The molecule has 0 aliphatic heterocycles. The van der Waals surface area contributed by atoms with Crippen LogP contribution in [0.4, 0.5) is 5.13 Å². The molecular formula is C12H13N3OS2. The van der Waals surface area contributed by atoms with Crippen molar-refractivity contribution in [3.8, 4) is 0 Å². The Morgan fingerprint density at radius 1 is 1.33 bits per heavy atom. The Kier molecular flexibility index (Phi) is 3.98. The van der Waals surface area contributed by atoms with Crippen molar-refractivity contribution in [1.29, 1.82) is 0 Å². The molecule has 0 saturated heterocycles. The molecule has 0 aliphatic carbocycles. The lowest BCUT2D eigenvalue weighted by molar-refractivity contribution is 0.112. The number of rotatable bonds is 4. The highest BCUT2D eigenvalue weighted by Crippen LogP contribution is 2.34. The number of nitrogens with zero attached hydrogens (tertiary/aromatic N) is 3. The van der Waals surface area contributed by atoms with Crippen molar-refractivity contribution >= 4 is 34.5 Å². The zero-order valence-corrected chi connectivity index (χ0v) is 12.0. The van der Waals surface area contributed by atoms with Gasteiger partial charge in [0.2, 0.25) is 5.13 Å². The van der Waals surface area contributed by atoms with Crippen molar-refractivity contribution in [1.82, 2.24) is 10.2 Å². The zero-order valence-electron chi connectivity index (χ0n) is 10.4. The maximum atomic E-state index is 10.7. The van der Waals surface area contributed by atoms with Crippen molar-refractivity contribution in [3.05, 3.63) is 29.3 Å². The van der Waals surface area contributed by atoms with Crippen LogP contribution in [0.5, 0.6) is 0 Å². The molecule has 0 atom stereocenters. The van der Waals surface area contributed by atoms with Gasteiger partial charge in [0.25, 0.3) is 0 Å². The monoisotopic (exact) mass is 279 g/mol. The molecule has 0 amide bonds. The van der Waals surface area contributed by atoms with Crippen molar-refractivity contribution in [2.45, 2.75) is 16.2 Å². The highest BCUT2D eigenvalue weighted by atomic mass is 32.2. The van der Waals surface area contributed by atoms with Crippen LogP contribution in [0, 0.1) is 6.92 Å². The van der Waals surface area contributed by atoms with Crippen LogP contribution in [-0.4, -0.2) is 30.6 Å². The SMILES string of the molecule is Cc1cc(C=O)ccc1Sc1nnc(N(C)C)s1. The van der Waals surface area contributed by atoms with E-state index < -0.39 is 0 Å². The highest BCUT2D eigenvalue weighted by Gasteiger charge is 2.09. The fraction of sp³-hybridized carbons (Fsp3) is 0.250. The summed E-state index contributed by atoms with van der Waals surface area (Å²) in [5.41, 5.74) is 1.77. The predicted molar refractivity (Wildman–Crippen MR) is 74.9 cm³/mol. The van der Waals surface area contributed by atoms with Gasteiger partial charge in [0.1, 0.15) is 6.29 Å². The molecule has 0 aliphatic rings. The van der Waals surface area contributed by atoms with E-state index in [-0.39, 0.29) is 0 Å². The Balaban J connectivity index is 2.20. The Labute approximate surface area is 114 Å². The Hall–Kier alpha value is -1.40. The first kappa shape index (κ1) is 13.0. The van der Waals surface area contributed by atoms with E-state index in [2.05, 4.69) is 10.2 Å². The first-order valence-electron chi connectivity index (χ1n) is 5.34. The van der Waals surface area contributed by atoms with Crippen LogP contribution in [0.1, 0.15) is 15.9 Å². The first-order valence-corrected chi connectivity index (χ1v) is 6.98. The van der Waals surface area contributed by atoms with Crippen LogP contribution in [0.2, 0.25) is 0 Å². The molecule has 1 aromatic carbocycles. The van der Waals surface area contributed by atoms with Crippen molar-refractivity contribution in [3.63, 3.8) is 0 Å². The number of carbonyl (C=O) groups excluding carboxylic acids is 1. The molecule has 18 heavy (non-hydrogen) atoms. The third-order valence-corrected chi connectivity index (χ3v) is 4.63. The fourth-order valence-electron chi connectivity index (χ4n) is 1.38. The highest BCUT2D eigenvalue weighted by molar-refractivity contribution is 8.01. The predicted octanol–water partition coefficient (Wildman–Crippen LogP) is 2.88. The summed E-state index contributed by atoms with van der Waals surface area (Å²) in [4.78, 5) is 13.7.